The van der Waals surface area contributed by atoms with Gasteiger partial charge in [-0.15, -0.1) is 0 Å². The van der Waals surface area contributed by atoms with E-state index >= 15 is 0 Å². The van der Waals surface area contributed by atoms with Gasteiger partial charge in [0.15, 0.2) is 0 Å². The highest BCUT2D eigenvalue weighted by Crippen LogP contribution is 2.27. The van der Waals surface area contributed by atoms with Crippen molar-refractivity contribution < 1.29 is 4.74 Å². The second kappa shape index (κ2) is 5.32. The molecule has 3 heteroatoms. The summed E-state index contributed by atoms with van der Waals surface area (Å²) in [6, 6.07) is 6.39. The summed E-state index contributed by atoms with van der Waals surface area (Å²) in [7, 11) is 0. The lowest BCUT2D eigenvalue weighted by atomic mass is 9.99. The molecule has 0 spiro atoms. The molecule has 1 aromatic rings. The van der Waals surface area contributed by atoms with E-state index in [1.807, 2.05) is 0 Å². The highest BCUT2D eigenvalue weighted by atomic mass is 16.5. The molecular formula is C13H20N2O. The number of benzene rings is 1. The van der Waals surface area contributed by atoms with Crippen molar-refractivity contribution in [2.24, 2.45) is 5.73 Å². The van der Waals surface area contributed by atoms with Gasteiger partial charge in [-0.25, -0.2) is 0 Å². The van der Waals surface area contributed by atoms with E-state index in [9.17, 15) is 0 Å². The van der Waals surface area contributed by atoms with E-state index in [0.717, 1.165) is 38.3 Å². The van der Waals surface area contributed by atoms with Crippen molar-refractivity contribution >= 4 is 0 Å². The monoisotopic (exact) mass is 220 g/mol. The molecule has 0 aromatic heterocycles. The summed E-state index contributed by atoms with van der Waals surface area (Å²) in [5, 5.41) is 3.27. The Kier molecular flexibility index (Phi) is 3.80. The third-order valence-corrected chi connectivity index (χ3v) is 2.97. The zero-order valence-corrected chi connectivity index (χ0v) is 9.83. The van der Waals surface area contributed by atoms with Gasteiger partial charge in [0, 0.05) is 12.6 Å². The highest BCUT2D eigenvalue weighted by Gasteiger charge is 2.13. The molecule has 16 heavy (non-hydrogen) atoms. The summed E-state index contributed by atoms with van der Waals surface area (Å²) in [6.45, 7) is 4.72. The molecule has 0 bridgehead atoms. The average Bonchev–Trinajstić information content (AvgIpc) is 2.35. The molecule has 0 saturated heterocycles. The zero-order valence-electron chi connectivity index (χ0n) is 9.83. The second-order valence-corrected chi connectivity index (χ2v) is 4.23. The fourth-order valence-corrected chi connectivity index (χ4v) is 2.03. The topological polar surface area (TPSA) is 47.3 Å². The van der Waals surface area contributed by atoms with Gasteiger partial charge in [0.25, 0.3) is 0 Å². The van der Waals surface area contributed by atoms with Gasteiger partial charge in [-0.1, -0.05) is 19.1 Å². The van der Waals surface area contributed by atoms with E-state index in [-0.39, 0.29) is 6.04 Å². The van der Waals surface area contributed by atoms with Crippen LogP contribution in [0.25, 0.3) is 0 Å². The molecule has 0 radical (unpaired) electrons. The molecule has 88 valence electrons. The first kappa shape index (κ1) is 11.4. The molecule has 0 saturated carbocycles. The maximum atomic E-state index is 6.11. The van der Waals surface area contributed by atoms with Gasteiger partial charge < -0.3 is 15.8 Å². The quantitative estimate of drug-likeness (QED) is 0.810. The van der Waals surface area contributed by atoms with E-state index in [1.54, 1.807) is 0 Å². The smallest absolute Gasteiger partial charge is 0.122 e. The number of fused-ring (bicyclic) bond motifs is 1. The van der Waals surface area contributed by atoms with E-state index in [0.29, 0.717) is 0 Å². The Hall–Kier alpha value is -1.06. The molecule has 1 heterocycles. The first-order valence-corrected chi connectivity index (χ1v) is 6.03. The van der Waals surface area contributed by atoms with Crippen LogP contribution in [0.3, 0.4) is 0 Å². The van der Waals surface area contributed by atoms with Crippen LogP contribution in [0, 0.1) is 0 Å². The number of nitrogens with two attached hydrogens (primary N) is 1. The van der Waals surface area contributed by atoms with Gasteiger partial charge in [0.2, 0.25) is 0 Å². The third-order valence-electron chi connectivity index (χ3n) is 2.97. The SMILES string of the molecule is CCNCC(N)c1ccc2c(c1)CCCO2. The second-order valence-electron chi connectivity index (χ2n) is 4.23. The van der Waals surface area contributed by atoms with E-state index in [1.165, 1.54) is 11.1 Å². The zero-order chi connectivity index (χ0) is 11.4. The molecular weight excluding hydrogens is 200 g/mol. The Morgan fingerprint density at radius 3 is 3.19 bits per heavy atom. The average molecular weight is 220 g/mol. The van der Waals surface area contributed by atoms with Gasteiger partial charge in [-0.05, 0) is 36.6 Å². The molecule has 1 aliphatic rings. The Morgan fingerprint density at radius 1 is 1.50 bits per heavy atom. The summed E-state index contributed by atoms with van der Waals surface area (Å²) in [4.78, 5) is 0. The van der Waals surface area contributed by atoms with Crippen LogP contribution in [0.2, 0.25) is 0 Å². The minimum absolute atomic E-state index is 0.0761. The first-order chi connectivity index (χ1) is 7.81. The molecule has 0 amide bonds. The van der Waals surface area contributed by atoms with Gasteiger partial charge in [0.1, 0.15) is 5.75 Å². The largest absolute Gasteiger partial charge is 0.493 e. The first-order valence-electron chi connectivity index (χ1n) is 6.03. The van der Waals surface area contributed by atoms with Gasteiger partial charge in [-0.3, -0.25) is 0 Å². The van der Waals surface area contributed by atoms with E-state index in [4.69, 9.17) is 10.5 Å². The lowest BCUT2D eigenvalue weighted by molar-refractivity contribution is 0.288. The standard InChI is InChI=1S/C13H20N2O/c1-2-15-9-12(14)10-5-6-13-11(8-10)4-3-7-16-13/h5-6,8,12,15H,2-4,7,9,14H2,1H3. The van der Waals surface area contributed by atoms with Gasteiger partial charge in [-0.2, -0.15) is 0 Å². The van der Waals surface area contributed by atoms with Crippen molar-refractivity contribution in [1.29, 1.82) is 0 Å². The Balaban J connectivity index is 2.10. The molecule has 1 aliphatic heterocycles. The molecule has 0 aliphatic carbocycles. The predicted molar refractivity (Wildman–Crippen MR) is 65.7 cm³/mol. The summed E-state index contributed by atoms with van der Waals surface area (Å²) in [5.41, 5.74) is 8.61. The Morgan fingerprint density at radius 2 is 2.38 bits per heavy atom. The van der Waals surface area contributed by atoms with Crippen LogP contribution >= 0.6 is 0 Å². The van der Waals surface area contributed by atoms with E-state index in [2.05, 4.69) is 30.4 Å². The summed E-state index contributed by atoms with van der Waals surface area (Å²) >= 11 is 0. The number of nitrogens with one attached hydrogen (secondary N) is 1. The normalized spacial score (nSPS) is 16.4. The Bertz CT molecular complexity index is 352. The number of hydrogen-bond acceptors (Lipinski definition) is 3. The number of rotatable bonds is 4. The van der Waals surface area contributed by atoms with Gasteiger partial charge >= 0.3 is 0 Å². The number of likely N-dealkylation sites (N-methyl/N-ethyl adjacent to an activating group) is 1. The van der Waals surface area contributed by atoms with Crippen molar-refractivity contribution in [3.8, 4) is 5.75 Å². The van der Waals surface area contributed by atoms with Crippen LogP contribution < -0.4 is 15.8 Å². The lowest BCUT2D eigenvalue weighted by Crippen LogP contribution is -2.26. The molecule has 1 unspecified atom stereocenters. The number of aryl methyl sites for hydroxylation is 1. The highest BCUT2D eigenvalue weighted by molar-refractivity contribution is 5.39. The fraction of sp³-hybridized carbons (Fsp3) is 0.538. The maximum Gasteiger partial charge on any atom is 0.122 e. The molecule has 1 aromatic carbocycles. The maximum absolute atomic E-state index is 6.11. The van der Waals surface area contributed by atoms with Crippen LogP contribution in [0.15, 0.2) is 18.2 Å². The fourth-order valence-electron chi connectivity index (χ4n) is 2.03. The molecule has 3 N–H and O–H groups in total. The van der Waals surface area contributed by atoms with Gasteiger partial charge in [0.05, 0.1) is 6.61 Å². The van der Waals surface area contributed by atoms with Crippen molar-refractivity contribution in [3.05, 3.63) is 29.3 Å². The third kappa shape index (κ3) is 2.54. The lowest BCUT2D eigenvalue weighted by Gasteiger charge is -2.20. The van der Waals surface area contributed by atoms with Crippen LogP contribution in [0.4, 0.5) is 0 Å². The van der Waals surface area contributed by atoms with Crippen LogP contribution in [0.5, 0.6) is 5.75 Å². The summed E-state index contributed by atoms with van der Waals surface area (Å²) in [5.74, 6) is 1.03. The molecule has 2 rings (SSSR count). The predicted octanol–water partition coefficient (Wildman–Crippen LogP) is 1.62. The van der Waals surface area contributed by atoms with Crippen LogP contribution in [0.1, 0.15) is 30.5 Å². The summed E-state index contributed by atoms with van der Waals surface area (Å²) < 4.78 is 5.58. The minimum Gasteiger partial charge on any atom is -0.493 e. The van der Waals surface area contributed by atoms with E-state index < -0.39 is 0 Å². The van der Waals surface area contributed by atoms with Crippen molar-refractivity contribution in [3.63, 3.8) is 0 Å². The van der Waals surface area contributed by atoms with Crippen molar-refractivity contribution in [1.82, 2.24) is 5.32 Å². The number of hydrogen-bond donors (Lipinski definition) is 2. The summed E-state index contributed by atoms with van der Waals surface area (Å²) in [6.07, 6.45) is 2.22. The minimum atomic E-state index is 0.0761. The van der Waals surface area contributed by atoms with Crippen LogP contribution in [-0.4, -0.2) is 19.7 Å². The number of ether oxygens (including phenoxy) is 1. The molecule has 1 atom stereocenters. The van der Waals surface area contributed by atoms with Crippen molar-refractivity contribution in [2.75, 3.05) is 19.7 Å². The molecule has 3 nitrogen and oxygen atoms in total. The Labute approximate surface area is 97.0 Å². The van der Waals surface area contributed by atoms with Crippen LogP contribution in [-0.2, 0) is 6.42 Å². The van der Waals surface area contributed by atoms with Crippen molar-refractivity contribution in [2.45, 2.75) is 25.8 Å². The molecule has 0 fully saturated rings.